The predicted octanol–water partition coefficient (Wildman–Crippen LogP) is 3.08. The molecule has 3 N–H and O–H groups in total. The molecule has 5 heteroatoms. The van der Waals surface area contributed by atoms with Crippen LogP contribution in [0.15, 0.2) is 53.0 Å². The third-order valence-corrected chi connectivity index (χ3v) is 4.07. The molecule has 0 aromatic heterocycles. The minimum Gasteiger partial charge on any atom is -0.350 e. The van der Waals surface area contributed by atoms with Gasteiger partial charge in [-0.1, -0.05) is 46.3 Å². The molecule has 0 saturated heterocycles. The van der Waals surface area contributed by atoms with Crippen LogP contribution in [0.25, 0.3) is 0 Å². The summed E-state index contributed by atoms with van der Waals surface area (Å²) in [6.07, 6.45) is 0. The van der Waals surface area contributed by atoms with Crippen molar-refractivity contribution >= 4 is 21.8 Å². The molecule has 2 aromatic carbocycles. The SMILES string of the molecule is CC(N)(C(=O)NCc1cc(F)ccc1Br)c1ccccc1. The van der Waals surface area contributed by atoms with E-state index in [0.29, 0.717) is 5.56 Å². The molecule has 0 aliphatic heterocycles. The summed E-state index contributed by atoms with van der Waals surface area (Å²) in [6, 6.07) is 13.5. The molecule has 0 saturated carbocycles. The van der Waals surface area contributed by atoms with Gasteiger partial charge in [0.2, 0.25) is 5.91 Å². The Morgan fingerprint density at radius 1 is 1.29 bits per heavy atom. The second-order valence-corrected chi connectivity index (χ2v) is 5.84. The Bertz CT molecular complexity index is 644. The molecule has 1 amide bonds. The molecular weight excluding hydrogens is 335 g/mol. The number of carbonyl (C=O) groups excluding carboxylic acids is 1. The van der Waals surface area contributed by atoms with E-state index in [4.69, 9.17) is 5.73 Å². The molecule has 110 valence electrons. The van der Waals surface area contributed by atoms with Crippen molar-refractivity contribution in [2.45, 2.75) is 19.0 Å². The van der Waals surface area contributed by atoms with Crippen molar-refractivity contribution in [3.63, 3.8) is 0 Å². The first-order valence-electron chi connectivity index (χ1n) is 6.48. The average molecular weight is 351 g/mol. The van der Waals surface area contributed by atoms with Crippen LogP contribution < -0.4 is 11.1 Å². The van der Waals surface area contributed by atoms with Gasteiger partial charge in [0.25, 0.3) is 0 Å². The van der Waals surface area contributed by atoms with E-state index in [0.717, 1.165) is 10.0 Å². The highest BCUT2D eigenvalue weighted by Gasteiger charge is 2.30. The van der Waals surface area contributed by atoms with Crippen molar-refractivity contribution in [3.05, 3.63) is 69.9 Å². The van der Waals surface area contributed by atoms with Crippen LogP contribution >= 0.6 is 15.9 Å². The van der Waals surface area contributed by atoms with Gasteiger partial charge in [-0.3, -0.25) is 4.79 Å². The molecule has 0 spiro atoms. The van der Waals surface area contributed by atoms with Crippen LogP contribution in [0.3, 0.4) is 0 Å². The maximum absolute atomic E-state index is 13.2. The summed E-state index contributed by atoms with van der Waals surface area (Å²) < 4.78 is 14.0. The van der Waals surface area contributed by atoms with Gasteiger partial charge < -0.3 is 11.1 Å². The number of nitrogens with two attached hydrogens (primary N) is 1. The van der Waals surface area contributed by atoms with Gasteiger partial charge in [-0.2, -0.15) is 0 Å². The monoisotopic (exact) mass is 350 g/mol. The van der Waals surface area contributed by atoms with Crippen molar-refractivity contribution in [3.8, 4) is 0 Å². The average Bonchev–Trinajstić information content (AvgIpc) is 2.48. The molecule has 2 rings (SSSR count). The number of benzene rings is 2. The molecule has 1 atom stereocenters. The van der Waals surface area contributed by atoms with Gasteiger partial charge in [0.15, 0.2) is 0 Å². The Kier molecular flexibility index (Phi) is 4.75. The summed E-state index contributed by atoms with van der Waals surface area (Å²) in [7, 11) is 0. The molecule has 0 radical (unpaired) electrons. The fourth-order valence-corrected chi connectivity index (χ4v) is 2.34. The Balaban J connectivity index is 2.09. The lowest BCUT2D eigenvalue weighted by molar-refractivity contribution is -0.126. The first-order valence-corrected chi connectivity index (χ1v) is 7.27. The maximum atomic E-state index is 13.2. The second kappa shape index (κ2) is 6.37. The van der Waals surface area contributed by atoms with Gasteiger partial charge in [0.1, 0.15) is 11.4 Å². The number of carbonyl (C=O) groups is 1. The quantitative estimate of drug-likeness (QED) is 0.890. The van der Waals surface area contributed by atoms with Crippen molar-refractivity contribution < 1.29 is 9.18 Å². The molecule has 1 unspecified atom stereocenters. The van der Waals surface area contributed by atoms with Crippen LogP contribution in [0.1, 0.15) is 18.1 Å². The lowest BCUT2D eigenvalue weighted by Gasteiger charge is -2.24. The smallest absolute Gasteiger partial charge is 0.244 e. The zero-order valence-electron chi connectivity index (χ0n) is 11.6. The third-order valence-electron chi connectivity index (χ3n) is 3.29. The van der Waals surface area contributed by atoms with Crippen LogP contribution in [0.5, 0.6) is 0 Å². The summed E-state index contributed by atoms with van der Waals surface area (Å²) in [4.78, 5) is 12.3. The van der Waals surface area contributed by atoms with E-state index in [9.17, 15) is 9.18 Å². The zero-order valence-corrected chi connectivity index (χ0v) is 13.2. The number of hydrogen-bond donors (Lipinski definition) is 2. The van der Waals surface area contributed by atoms with Gasteiger partial charge in [0, 0.05) is 11.0 Å². The van der Waals surface area contributed by atoms with E-state index in [1.807, 2.05) is 18.2 Å². The fourth-order valence-electron chi connectivity index (χ4n) is 1.95. The van der Waals surface area contributed by atoms with Crippen LogP contribution in [-0.4, -0.2) is 5.91 Å². The molecular formula is C16H16BrFN2O. The predicted molar refractivity (Wildman–Crippen MR) is 83.9 cm³/mol. The van der Waals surface area contributed by atoms with Crippen LogP contribution in [-0.2, 0) is 16.9 Å². The first-order chi connectivity index (χ1) is 9.91. The number of hydrogen-bond acceptors (Lipinski definition) is 2. The van der Waals surface area contributed by atoms with E-state index in [-0.39, 0.29) is 18.3 Å². The topological polar surface area (TPSA) is 55.1 Å². The molecule has 0 heterocycles. The molecule has 0 aliphatic rings. The standard InChI is InChI=1S/C16H16BrFN2O/c1-16(19,12-5-3-2-4-6-12)15(21)20-10-11-9-13(18)7-8-14(11)17/h2-9H,10,19H2,1H3,(H,20,21). The van der Waals surface area contributed by atoms with E-state index in [2.05, 4.69) is 21.2 Å². The Labute approximate surface area is 131 Å². The molecule has 0 fully saturated rings. The van der Waals surface area contributed by atoms with E-state index < -0.39 is 5.54 Å². The molecule has 0 bridgehead atoms. The highest BCUT2D eigenvalue weighted by Crippen LogP contribution is 2.20. The number of rotatable bonds is 4. The fraction of sp³-hybridized carbons (Fsp3) is 0.188. The molecule has 3 nitrogen and oxygen atoms in total. The number of halogens is 2. The largest absolute Gasteiger partial charge is 0.350 e. The summed E-state index contributed by atoms with van der Waals surface area (Å²) >= 11 is 3.33. The van der Waals surface area contributed by atoms with Gasteiger partial charge in [-0.25, -0.2) is 4.39 Å². The number of amides is 1. The van der Waals surface area contributed by atoms with E-state index in [1.165, 1.54) is 12.1 Å². The lowest BCUT2D eigenvalue weighted by Crippen LogP contribution is -2.48. The maximum Gasteiger partial charge on any atom is 0.244 e. The van der Waals surface area contributed by atoms with Crippen molar-refractivity contribution in [1.82, 2.24) is 5.32 Å². The lowest BCUT2D eigenvalue weighted by atomic mass is 9.92. The Morgan fingerprint density at radius 3 is 2.62 bits per heavy atom. The van der Waals surface area contributed by atoms with Gasteiger partial charge >= 0.3 is 0 Å². The minimum absolute atomic E-state index is 0.205. The molecule has 0 aliphatic carbocycles. The zero-order chi connectivity index (χ0) is 15.5. The molecule has 21 heavy (non-hydrogen) atoms. The van der Waals surface area contributed by atoms with E-state index in [1.54, 1.807) is 25.1 Å². The van der Waals surface area contributed by atoms with Gasteiger partial charge in [-0.05, 0) is 36.2 Å². The summed E-state index contributed by atoms with van der Waals surface area (Å²) in [5.41, 5.74) is 6.36. The minimum atomic E-state index is -1.14. The summed E-state index contributed by atoms with van der Waals surface area (Å²) in [5.74, 6) is -0.661. The van der Waals surface area contributed by atoms with Crippen molar-refractivity contribution in [2.24, 2.45) is 5.73 Å². The van der Waals surface area contributed by atoms with Gasteiger partial charge in [-0.15, -0.1) is 0 Å². The van der Waals surface area contributed by atoms with Gasteiger partial charge in [0.05, 0.1) is 0 Å². The molecule has 2 aromatic rings. The van der Waals surface area contributed by atoms with Crippen molar-refractivity contribution in [1.29, 1.82) is 0 Å². The number of nitrogens with one attached hydrogen (secondary N) is 1. The first kappa shape index (κ1) is 15.7. The van der Waals surface area contributed by atoms with Crippen molar-refractivity contribution in [2.75, 3.05) is 0 Å². The summed E-state index contributed by atoms with van der Waals surface area (Å²) in [5, 5.41) is 2.75. The second-order valence-electron chi connectivity index (χ2n) is 4.99. The highest BCUT2D eigenvalue weighted by atomic mass is 79.9. The van der Waals surface area contributed by atoms with E-state index >= 15 is 0 Å². The Hall–Kier alpha value is -1.72. The van der Waals surface area contributed by atoms with Crippen LogP contribution in [0.2, 0.25) is 0 Å². The van der Waals surface area contributed by atoms with Crippen LogP contribution in [0.4, 0.5) is 4.39 Å². The Morgan fingerprint density at radius 2 is 1.95 bits per heavy atom. The summed E-state index contributed by atoms with van der Waals surface area (Å²) in [6.45, 7) is 1.86. The normalized spacial score (nSPS) is 13.5. The van der Waals surface area contributed by atoms with Crippen LogP contribution in [0, 0.1) is 5.82 Å². The highest BCUT2D eigenvalue weighted by molar-refractivity contribution is 9.10. The third kappa shape index (κ3) is 3.68.